The molecule has 0 atom stereocenters. The Morgan fingerprint density at radius 2 is 2.00 bits per heavy atom. The molecule has 0 bridgehead atoms. The highest BCUT2D eigenvalue weighted by Gasteiger charge is 2.20. The van der Waals surface area contributed by atoms with Crippen LogP contribution in [0.2, 0.25) is 0 Å². The normalized spacial score (nSPS) is 13.3. The molecule has 6 nitrogen and oxygen atoms in total. The number of carbonyl (C=O) groups excluding carboxylic acids is 1. The first-order valence-electron chi connectivity index (χ1n) is 8.86. The molecule has 3 rings (SSSR count). The molecule has 1 amide bonds. The van der Waals surface area contributed by atoms with Crippen molar-refractivity contribution >= 4 is 17.7 Å². The predicted octanol–water partition coefficient (Wildman–Crippen LogP) is 1.52. The molecule has 1 aromatic heterocycles. The van der Waals surface area contributed by atoms with E-state index < -0.39 is 0 Å². The molecule has 1 aliphatic rings. The summed E-state index contributed by atoms with van der Waals surface area (Å²) in [7, 11) is 0. The highest BCUT2D eigenvalue weighted by Crippen LogP contribution is 2.28. The Morgan fingerprint density at radius 1 is 1.23 bits per heavy atom. The van der Waals surface area contributed by atoms with Gasteiger partial charge in [0.25, 0.3) is 0 Å². The minimum atomic E-state index is -0.341. The van der Waals surface area contributed by atoms with Crippen molar-refractivity contribution in [1.82, 2.24) is 14.9 Å². The van der Waals surface area contributed by atoms with Crippen LogP contribution in [0.25, 0.3) is 0 Å². The number of amides is 1. The fourth-order valence-corrected chi connectivity index (χ4v) is 4.09. The van der Waals surface area contributed by atoms with Crippen LogP contribution in [0.3, 0.4) is 0 Å². The molecule has 0 unspecified atom stereocenters. The SMILES string of the molecule is O=C(CSc1nc(=O)n(CCO)c2c1CCCC2)NCc1ccccc1. The average Bonchev–Trinajstić information content (AvgIpc) is 2.68. The number of aliphatic hydroxyl groups is 1. The minimum absolute atomic E-state index is 0.0789. The van der Waals surface area contributed by atoms with Crippen LogP contribution >= 0.6 is 11.8 Å². The third-order valence-electron chi connectivity index (χ3n) is 4.45. The first-order chi connectivity index (χ1) is 12.7. The molecule has 1 aromatic carbocycles. The van der Waals surface area contributed by atoms with Gasteiger partial charge in [0, 0.05) is 17.8 Å². The number of aliphatic hydroxyl groups excluding tert-OH is 1. The lowest BCUT2D eigenvalue weighted by Gasteiger charge is -2.22. The summed E-state index contributed by atoms with van der Waals surface area (Å²) < 4.78 is 1.58. The third-order valence-corrected chi connectivity index (χ3v) is 5.46. The molecule has 0 saturated carbocycles. The van der Waals surface area contributed by atoms with Gasteiger partial charge in [-0.1, -0.05) is 42.1 Å². The molecular weight excluding hydrogens is 350 g/mol. The first kappa shape index (κ1) is 18.7. The van der Waals surface area contributed by atoms with Crippen molar-refractivity contribution in [2.24, 2.45) is 0 Å². The summed E-state index contributed by atoms with van der Waals surface area (Å²) in [5.41, 5.74) is 2.74. The number of carbonyl (C=O) groups is 1. The van der Waals surface area contributed by atoms with Crippen LogP contribution in [-0.2, 0) is 30.7 Å². The third kappa shape index (κ3) is 4.53. The van der Waals surface area contributed by atoms with E-state index in [1.54, 1.807) is 4.57 Å². The van der Waals surface area contributed by atoms with E-state index in [2.05, 4.69) is 10.3 Å². The standard InChI is InChI=1S/C19H23N3O3S/c23-11-10-22-16-9-5-4-8-15(16)18(21-19(22)25)26-13-17(24)20-12-14-6-2-1-3-7-14/h1-3,6-7,23H,4-5,8-13H2,(H,20,24). The molecule has 7 heteroatoms. The number of nitrogens with one attached hydrogen (secondary N) is 1. The second-order valence-electron chi connectivity index (χ2n) is 6.26. The lowest BCUT2D eigenvalue weighted by molar-refractivity contribution is -0.118. The summed E-state index contributed by atoms with van der Waals surface area (Å²) in [6.45, 7) is 0.683. The van der Waals surface area contributed by atoms with E-state index in [9.17, 15) is 14.7 Å². The lowest BCUT2D eigenvalue weighted by atomic mass is 9.97. The van der Waals surface area contributed by atoms with Gasteiger partial charge in [-0.05, 0) is 31.2 Å². The van der Waals surface area contributed by atoms with Crippen molar-refractivity contribution in [3.05, 3.63) is 57.6 Å². The molecule has 0 fully saturated rings. The topological polar surface area (TPSA) is 84.2 Å². The summed E-state index contributed by atoms with van der Waals surface area (Å²) >= 11 is 1.32. The van der Waals surface area contributed by atoms with Gasteiger partial charge in [-0.2, -0.15) is 4.98 Å². The summed E-state index contributed by atoms with van der Waals surface area (Å²) in [5.74, 6) is 0.153. The van der Waals surface area contributed by atoms with Crippen molar-refractivity contribution in [2.75, 3.05) is 12.4 Å². The van der Waals surface area contributed by atoms with Crippen molar-refractivity contribution in [2.45, 2.75) is 43.8 Å². The summed E-state index contributed by atoms with van der Waals surface area (Å²) in [5, 5.41) is 12.8. The maximum atomic E-state index is 12.3. The number of nitrogens with zero attached hydrogens (tertiary/aromatic N) is 2. The maximum absolute atomic E-state index is 12.3. The van der Waals surface area contributed by atoms with Crippen molar-refractivity contribution in [3.8, 4) is 0 Å². The van der Waals surface area contributed by atoms with E-state index in [0.717, 1.165) is 42.5 Å². The van der Waals surface area contributed by atoms with Crippen molar-refractivity contribution in [1.29, 1.82) is 0 Å². The zero-order valence-corrected chi connectivity index (χ0v) is 15.4. The van der Waals surface area contributed by atoms with Crippen molar-refractivity contribution < 1.29 is 9.90 Å². The first-order valence-corrected chi connectivity index (χ1v) is 9.84. The minimum Gasteiger partial charge on any atom is -0.395 e. The average molecular weight is 373 g/mol. The van der Waals surface area contributed by atoms with Gasteiger partial charge in [-0.25, -0.2) is 4.79 Å². The molecule has 2 N–H and O–H groups in total. The summed E-state index contributed by atoms with van der Waals surface area (Å²) in [4.78, 5) is 28.6. The smallest absolute Gasteiger partial charge is 0.348 e. The molecular formula is C19H23N3O3S. The van der Waals surface area contributed by atoms with E-state index in [1.165, 1.54) is 11.8 Å². The highest BCUT2D eigenvalue weighted by molar-refractivity contribution is 7.99. The zero-order chi connectivity index (χ0) is 18.4. The number of hydrogen-bond acceptors (Lipinski definition) is 5. The van der Waals surface area contributed by atoms with Crippen LogP contribution in [0.5, 0.6) is 0 Å². The fraction of sp³-hybridized carbons (Fsp3) is 0.421. The summed E-state index contributed by atoms with van der Waals surface area (Å²) in [6.07, 6.45) is 3.77. The van der Waals surface area contributed by atoms with E-state index in [1.807, 2.05) is 30.3 Å². The Kier molecular flexibility index (Phi) is 6.46. The van der Waals surface area contributed by atoms with Crippen LogP contribution in [-0.4, -0.2) is 32.9 Å². The van der Waals surface area contributed by atoms with Gasteiger partial charge in [-0.3, -0.25) is 9.36 Å². The predicted molar refractivity (Wildman–Crippen MR) is 101 cm³/mol. The molecule has 1 heterocycles. The number of hydrogen-bond donors (Lipinski definition) is 2. The number of aromatic nitrogens is 2. The Bertz CT molecular complexity index is 821. The van der Waals surface area contributed by atoms with Gasteiger partial charge >= 0.3 is 5.69 Å². The quantitative estimate of drug-likeness (QED) is 0.568. The summed E-state index contributed by atoms with van der Waals surface area (Å²) in [6, 6.07) is 9.74. The Morgan fingerprint density at radius 3 is 2.77 bits per heavy atom. The molecule has 0 aliphatic heterocycles. The molecule has 138 valence electrons. The second-order valence-corrected chi connectivity index (χ2v) is 7.22. The Balaban J connectivity index is 1.67. The largest absolute Gasteiger partial charge is 0.395 e. The number of fused-ring (bicyclic) bond motifs is 1. The fourth-order valence-electron chi connectivity index (χ4n) is 3.18. The van der Waals surface area contributed by atoms with Gasteiger partial charge < -0.3 is 10.4 Å². The van der Waals surface area contributed by atoms with Crippen LogP contribution in [0.4, 0.5) is 0 Å². The second kappa shape index (κ2) is 9.00. The molecule has 2 aromatic rings. The Labute approximate surface area is 156 Å². The molecule has 0 spiro atoms. The van der Waals surface area contributed by atoms with Gasteiger partial charge in [0.2, 0.25) is 5.91 Å². The van der Waals surface area contributed by atoms with Gasteiger partial charge in [0.05, 0.1) is 18.9 Å². The van der Waals surface area contributed by atoms with Crippen LogP contribution < -0.4 is 11.0 Å². The van der Waals surface area contributed by atoms with Gasteiger partial charge in [0.1, 0.15) is 5.03 Å². The van der Waals surface area contributed by atoms with Crippen LogP contribution in [0.15, 0.2) is 40.2 Å². The molecule has 1 aliphatic carbocycles. The number of rotatable bonds is 7. The Hall–Kier alpha value is -2.12. The maximum Gasteiger partial charge on any atom is 0.348 e. The highest BCUT2D eigenvalue weighted by atomic mass is 32.2. The van der Waals surface area contributed by atoms with Crippen LogP contribution in [0.1, 0.15) is 29.7 Å². The monoisotopic (exact) mass is 373 g/mol. The van der Waals surface area contributed by atoms with Gasteiger partial charge in [0.15, 0.2) is 0 Å². The van der Waals surface area contributed by atoms with Crippen molar-refractivity contribution in [3.63, 3.8) is 0 Å². The lowest BCUT2D eigenvalue weighted by Crippen LogP contribution is -2.31. The van der Waals surface area contributed by atoms with Crippen LogP contribution in [0, 0.1) is 0 Å². The van der Waals surface area contributed by atoms with Gasteiger partial charge in [-0.15, -0.1) is 0 Å². The number of benzene rings is 1. The molecule has 0 radical (unpaired) electrons. The van der Waals surface area contributed by atoms with E-state index in [-0.39, 0.29) is 30.5 Å². The number of thioether (sulfide) groups is 1. The zero-order valence-electron chi connectivity index (χ0n) is 14.6. The van der Waals surface area contributed by atoms with E-state index in [0.29, 0.717) is 11.6 Å². The molecule has 0 saturated heterocycles. The molecule has 26 heavy (non-hydrogen) atoms. The van der Waals surface area contributed by atoms with E-state index in [4.69, 9.17) is 0 Å². The van der Waals surface area contributed by atoms with E-state index >= 15 is 0 Å².